The summed E-state index contributed by atoms with van der Waals surface area (Å²) >= 11 is 6.04. The van der Waals surface area contributed by atoms with E-state index in [-0.39, 0.29) is 17.1 Å². The summed E-state index contributed by atoms with van der Waals surface area (Å²) in [6.07, 6.45) is 0. The van der Waals surface area contributed by atoms with Gasteiger partial charge in [0.15, 0.2) is 0 Å². The Morgan fingerprint density at radius 3 is 2.29 bits per heavy atom. The van der Waals surface area contributed by atoms with Crippen LogP contribution in [0.4, 0.5) is 15.8 Å². The molecule has 0 unspecified atom stereocenters. The van der Waals surface area contributed by atoms with Crippen molar-refractivity contribution in [1.29, 1.82) is 0 Å². The Labute approximate surface area is 165 Å². The Morgan fingerprint density at radius 2 is 1.64 bits per heavy atom. The van der Waals surface area contributed by atoms with E-state index in [1.165, 1.54) is 49.6 Å². The molecule has 3 rings (SSSR count). The SMILES string of the molecule is COc1ccc(NC(=O)c2cccc(C(=O)Nc3ccccc3F)n2)cc1Cl. The average molecular weight is 400 g/mol. The van der Waals surface area contributed by atoms with E-state index in [0.717, 1.165) is 0 Å². The smallest absolute Gasteiger partial charge is 0.274 e. The second kappa shape index (κ2) is 8.49. The standard InChI is InChI=1S/C20H15ClFN3O3/c1-28-18-10-9-12(11-13(18)21)23-19(26)16-7-4-8-17(24-16)20(27)25-15-6-3-2-5-14(15)22/h2-11H,1H3,(H,23,26)(H,25,27). The monoisotopic (exact) mass is 399 g/mol. The van der Waals surface area contributed by atoms with Crippen molar-refractivity contribution in [2.75, 3.05) is 17.7 Å². The van der Waals surface area contributed by atoms with Gasteiger partial charge in [-0.2, -0.15) is 0 Å². The summed E-state index contributed by atoms with van der Waals surface area (Å²) in [6, 6.07) is 14.9. The molecule has 142 valence electrons. The third-order valence-electron chi connectivity index (χ3n) is 3.75. The maximum Gasteiger partial charge on any atom is 0.274 e. The predicted octanol–water partition coefficient (Wildman–Crippen LogP) is 4.39. The summed E-state index contributed by atoms with van der Waals surface area (Å²) in [4.78, 5) is 28.8. The zero-order chi connectivity index (χ0) is 20.1. The minimum Gasteiger partial charge on any atom is -0.495 e. The van der Waals surface area contributed by atoms with Gasteiger partial charge in [-0.1, -0.05) is 29.8 Å². The Hall–Kier alpha value is -3.45. The molecule has 1 aromatic heterocycles. The molecule has 0 aliphatic rings. The highest BCUT2D eigenvalue weighted by Gasteiger charge is 2.14. The van der Waals surface area contributed by atoms with Gasteiger partial charge in [-0.15, -0.1) is 0 Å². The molecule has 0 aliphatic carbocycles. The number of aromatic nitrogens is 1. The first kappa shape index (κ1) is 19.3. The number of anilines is 2. The molecule has 0 saturated heterocycles. The number of benzene rings is 2. The number of hydrogen-bond donors (Lipinski definition) is 2. The molecule has 2 amide bonds. The fourth-order valence-electron chi connectivity index (χ4n) is 2.38. The molecule has 0 atom stereocenters. The highest BCUT2D eigenvalue weighted by molar-refractivity contribution is 6.32. The number of amides is 2. The van der Waals surface area contributed by atoms with Crippen LogP contribution in [-0.4, -0.2) is 23.9 Å². The van der Waals surface area contributed by atoms with E-state index in [1.54, 1.807) is 18.2 Å². The summed E-state index contributed by atoms with van der Waals surface area (Å²) in [6.45, 7) is 0. The molecule has 0 spiro atoms. The Bertz CT molecular complexity index is 1040. The minimum atomic E-state index is -0.632. The van der Waals surface area contributed by atoms with Crippen molar-refractivity contribution >= 4 is 34.8 Å². The van der Waals surface area contributed by atoms with Crippen LogP contribution < -0.4 is 15.4 Å². The van der Waals surface area contributed by atoms with Crippen molar-refractivity contribution in [3.8, 4) is 5.75 Å². The number of ether oxygens (including phenoxy) is 1. The normalized spacial score (nSPS) is 10.2. The molecule has 28 heavy (non-hydrogen) atoms. The summed E-state index contributed by atoms with van der Waals surface area (Å²) in [7, 11) is 1.49. The molecule has 6 nitrogen and oxygen atoms in total. The highest BCUT2D eigenvalue weighted by Crippen LogP contribution is 2.27. The zero-order valence-electron chi connectivity index (χ0n) is 14.7. The van der Waals surface area contributed by atoms with Crippen LogP contribution in [0.1, 0.15) is 21.0 Å². The number of carbonyl (C=O) groups excluding carboxylic acids is 2. The second-order valence-corrected chi connectivity index (χ2v) is 6.05. The van der Waals surface area contributed by atoms with Gasteiger partial charge < -0.3 is 15.4 Å². The van der Waals surface area contributed by atoms with Gasteiger partial charge in [-0.3, -0.25) is 9.59 Å². The lowest BCUT2D eigenvalue weighted by atomic mass is 10.2. The van der Waals surface area contributed by atoms with Crippen molar-refractivity contribution < 1.29 is 18.7 Å². The van der Waals surface area contributed by atoms with E-state index in [9.17, 15) is 14.0 Å². The maximum absolute atomic E-state index is 13.7. The van der Waals surface area contributed by atoms with Gasteiger partial charge in [-0.05, 0) is 42.5 Å². The molecule has 0 bridgehead atoms. The lowest BCUT2D eigenvalue weighted by molar-refractivity contribution is 0.101. The molecule has 1 heterocycles. The van der Waals surface area contributed by atoms with Crippen molar-refractivity contribution in [2.24, 2.45) is 0 Å². The van der Waals surface area contributed by atoms with E-state index < -0.39 is 17.6 Å². The molecule has 0 aliphatic heterocycles. The van der Waals surface area contributed by atoms with Gasteiger partial charge in [0.05, 0.1) is 17.8 Å². The number of methoxy groups -OCH3 is 1. The van der Waals surface area contributed by atoms with Gasteiger partial charge in [0, 0.05) is 5.69 Å². The lowest BCUT2D eigenvalue weighted by Gasteiger charge is -2.09. The van der Waals surface area contributed by atoms with Gasteiger partial charge in [0.2, 0.25) is 0 Å². The molecular formula is C20H15ClFN3O3. The molecule has 0 saturated carbocycles. The van der Waals surface area contributed by atoms with E-state index in [2.05, 4.69) is 15.6 Å². The third kappa shape index (κ3) is 4.44. The second-order valence-electron chi connectivity index (χ2n) is 5.65. The number of nitrogens with one attached hydrogen (secondary N) is 2. The maximum atomic E-state index is 13.7. The van der Waals surface area contributed by atoms with E-state index >= 15 is 0 Å². The van der Waals surface area contributed by atoms with Crippen molar-refractivity contribution in [1.82, 2.24) is 4.98 Å². The number of hydrogen-bond acceptors (Lipinski definition) is 4. The molecule has 2 aromatic carbocycles. The molecular weight excluding hydrogens is 385 g/mol. The first-order chi connectivity index (χ1) is 13.5. The highest BCUT2D eigenvalue weighted by atomic mass is 35.5. The summed E-state index contributed by atoms with van der Waals surface area (Å²) in [5.74, 6) is -1.25. The van der Waals surface area contributed by atoms with Crippen LogP contribution in [-0.2, 0) is 0 Å². The Balaban J connectivity index is 1.75. The Kier molecular flexibility index (Phi) is 5.86. The van der Waals surface area contributed by atoms with Crippen molar-refractivity contribution in [2.45, 2.75) is 0 Å². The largest absolute Gasteiger partial charge is 0.495 e. The number of pyridine rings is 1. The topological polar surface area (TPSA) is 80.3 Å². The molecule has 0 radical (unpaired) electrons. The Morgan fingerprint density at radius 1 is 0.964 bits per heavy atom. The first-order valence-electron chi connectivity index (χ1n) is 8.16. The average Bonchev–Trinajstić information content (AvgIpc) is 2.70. The quantitative estimate of drug-likeness (QED) is 0.667. The van der Waals surface area contributed by atoms with Gasteiger partial charge in [-0.25, -0.2) is 9.37 Å². The predicted molar refractivity (Wildman–Crippen MR) is 105 cm³/mol. The van der Waals surface area contributed by atoms with Crippen LogP contribution in [0, 0.1) is 5.82 Å². The first-order valence-corrected chi connectivity index (χ1v) is 8.53. The van der Waals surface area contributed by atoms with Crippen LogP contribution in [0.5, 0.6) is 5.75 Å². The molecule has 2 N–H and O–H groups in total. The molecule has 0 fully saturated rings. The summed E-state index contributed by atoms with van der Waals surface area (Å²) in [5, 5.41) is 5.40. The third-order valence-corrected chi connectivity index (χ3v) is 4.04. The minimum absolute atomic E-state index is 0.0214. The number of carbonyl (C=O) groups is 2. The zero-order valence-corrected chi connectivity index (χ0v) is 15.5. The fraction of sp³-hybridized carbons (Fsp3) is 0.0500. The molecule has 3 aromatic rings. The van der Waals surface area contributed by atoms with Gasteiger partial charge in [0.1, 0.15) is 23.0 Å². The number of rotatable bonds is 5. The molecule has 8 heteroatoms. The fourth-order valence-corrected chi connectivity index (χ4v) is 2.63. The number of halogens is 2. The van der Waals surface area contributed by atoms with Crippen LogP contribution in [0.3, 0.4) is 0 Å². The number of para-hydroxylation sites is 1. The van der Waals surface area contributed by atoms with E-state index in [4.69, 9.17) is 16.3 Å². The van der Waals surface area contributed by atoms with Crippen molar-refractivity contribution in [3.05, 3.63) is 82.9 Å². The van der Waals surface area contributed by atoms with E-state index in [0.29, 0.717) is 16.5 Å². The van der Waals surface area contributed by atoms with Gasteiger partial charge >= 0.3 is 0 Å². The lowest BCUT2D eigenvalue weighted by Crippen LogP contribution is -2.19. The number of nitrogens with zero attached hydrogens (tertiary/aromatic N) is 1. The van der Waals surface area contributed by atoms with Crippen LogP contribution in [0.15, 0.2) is 60.7 Å². The van der Waals surface area contributed by atoms with E-state index in [1.807, 2.05) is 0 Å². The van der Waals surface area contributed by atoms with Crippen LogP contribution in [0.2, 0.25) is 5.02 Å². The van der Waals surface area contributed by atoms with Gasteiger partial charge in [0.25, 0.3) is 11.8 Å². The van der Waals surface area contributed by atoms with Crippen molar-refractivity contribution in [3.63, 3.8) is 0 Å². The summed E-state index contributed by atoms with van der Waals surface area (Å²) in [5.41, 5.74) is 0.465. The summed E-state index contributed by atoms with van der Waals surface area (Å²) < 4.78 is 18.7. The van der Waals surface area contributed by atoms with Crippen LogP contribution in [0.25, 0.3) is 0 Å². The van der Waals surface area contributed by atoms with Crippen LogP contribution >= 0.6 is 11.6 Å².